The van der Waals surface area contributed by atoms with Crippen LogP contribution < -0.4 is 5.32 Å². The van der Waals surface area contributed by atoms with Gasteiger partial charge in [0.05, 0.1) is 6.10 Å². The van der Waals surface area contributed by atoms with Crippen molar-refractivity contribution in [3.63, 3.8) is 0 Å². The maximum atomic E-state index is 12.4. The fourth-order valence-corrected chi connectivity index (χ4v) is 3.87. The Morgan fingerprint density at radius 2 is 2.09 bits per heavy atom. The Kier molecular flexibility index (Phi) is 6.32. The van der Waals surface area contributed by atoms with Crippen LogP contribution in [0.25, 0.3) is 0 Å². The van der Waals surface area contributed by atoms with E-state index < -0.39 is 0 Å². The second-order valence-corrected chi connectivity index (χ2v) is 8.35. The van der Waals surface area contributed by atoms with E-state index in [0.29, 0.717) is 11.8 Å². The van der Waals surface area contributed by atoms with Crippen LogP contribution in [-0.2, 0) is 4.74 Å². The van der Waals surface area contributed by atoms with E-state index in [-0.39, 0.29) is 17.6 Å². The topological polar surface area (TPSA) is 44.8 Å². The van der Waals surface area contributed by atoms with E-state index in [0.717, 1.165) is 52.2 Å². The number of nitrogens with zero attached hydrogens (tertiary/aromatic N) is 2. The van der Waals surface area contributed by atoms with Crippen LogP contribution >= 0.6 is 0 Å². The summed E-state index contributed by atoms with van der Waals surface area (Å²) in [6.45, 7) is 14.3. The molecule has 0 aromatic heterocycles. The minimum Gasteiger partial charge on any atom is -0.377 e. The molecule has 2 aliphatic rings. The van der Waals surface area contributed by atoms with E-state index >= 15 is 0 Å². The first-order valence-corrected chi connectivity index (χ1v) is 9.14. The summed E-state index contributed by atoms with van der Waals surface area (Å²) in [6.07, 6.45) is 2.41. The van der Waals surface area contributed by atoms with Crippen LogP contribution in [0, 0.1) is 17.3 Å². The molecular weight excluding hydrogens is 290 g/mol. The lowest BCUT2D eigenvalue weighted by molar-refractivity contribution is 0.00758. The number of hydrogen-bond donors (Lipinski definition) is 1. The molecule has 0 bridgehead atoms. The summed E-state index contributed by atoms with van der Waals surface area (Å²) in [4.78, 5) is 16.7. The predicted molar refractivity (Wildman–Crippen MR) is 93.6 cm³/mol. The minimum absolute atomic E-state index is 0.103. The third kappa shape index (κ3) is 5.08. The second-order valence-electron chi connectivity index (χ2n) is 8.35. The Morgan fingerprint density at radius 3 is 2.74 bits per heavy atom. The molecule has 2 rings (SSSR count). The van der Waals surface area contributed by atoms with Gasteiger partial charge in [0.2, 0.25) is 0 Å². The van der Waals surface area contributed by atoms with Crippen LogP contribution in [0.15, 0.2) is 0 Å². The first-order valence-electron chi connectivity index (χ1n) is 9.14. The van der Waals surface area contributed by atoms with E-state index in [1.54, 1.807) is 0 Å². The van der Waals surface area contributed by atoms with Crippen molar-refractivity contribution in [2.45, 2.75) is 46.6 Å². The Balaban J connectivity index is 1.75. The smallest absolute Gasteiger partial charge is 0.317 e. The average molecular weight is 325 g/mol. The molecule has 5 nitrogen and oxygen atoms in total. The Morgan fingerprint density at radius 1 is 1.35 bits per heavy atom. The van der Waals surface area contributed by atoms with Crippen molar-refractivity contribution in [1.29, 1.82) is 0 Å². The normalized spacial score (nSPS) is 28.6. The van der Waals surface area contributed by atoms with Crippen molar-refractivity contribution >= 4 is 6.03 Å². The fraction of sp³-hybridized carbons (Fsp3) is 0.944. The lowest BCUT2D eigenvalue weighted by Gasteiger charge is -2.31. The number of nitrogens with one attached hydrogen (secondary N) is 1. The highest BCUT2D eigenvalue weighted by Crippen LogP contribution is 2.34. The van der Waals surface area contributed by atoms with Gasteiger partial charge in [-0.15, -0.1) is 0 Å². The van der Waals surface area contributed by atoms with Gasteiger partial charge >= 0.3 is 6.03 Å². The van der Waals surface area contributed by atoms with Crippen molar-refractivity contribution < 1.29 is 9.53 Å². The van der Waals surface area contributed by atoms with Gasteiger partial charge in [0.15, 0.2) is 0 Å². The van der Waals surface area contributed by atoms with E-state index in [1.165, 1.54) is 0 Å². The van der Waals surface area contributed by atoms with Crippen LogP contribution in [0.4, 0.5) is 4.79 Å². The van der Waals surface area contributed by atoms with Gasteiger partial charge in [-0.25, -0.2) is 4.79 Å². The van der Waals surface area contributed by atoms with Crippen LogP contribution in [-0.4, -0.2) is 68.3 Å². The summed E-state index contributed by atoms with van der Waals surface area (Å²) in [5.41, 5.74) is 0.134. The zero-order valence-electron chi connectivity index (χ0n) is 15.6. The summed E-state index contributed by atoms with van der Waals surface area (Å²) in [6, 6.07) is 0.103. The van der Waals surface area contributed by atoms with Crippen LogP contribution in [0.3, 0.4) is 0 Å². The molecule has 3 atom stereocenters. The zero-order chi connectivity index (χ0) is 17.0. The molecule has 2 fully saturated rings. The number of ether oxygens (including phenoxy) is 1. The van der Waals surface area contributed by atoms with Gasteiger partial charge in [0, 0.05) is 38.7 Å². The monoisotopic (exact) mass is 325 g/mol. The molecule has 2 saturated heterocycles. The molecule has 2 heterocycles. The summed E-state index contributed by atoms with van der Waals surface area (Å²) < 4.78 is 5.89. The number of carbonyl (C=O) groups excluding carboxylic acids is 1. The lowest BCUT2D eigenvalue weighted by atomic mass is 9.81. The minimum atomic E-state index is 0.103. The number of amides is 2. The molecule has 0 unspecified atom stereocenters. The van der Waals surface area contributed by atoms with Gasteiger partial charge < -0.3 is 19.9 Å². The first kappa shape index (κ1) is 18.5. The van der Waals surface area contributed by atoms with Crippen LogP contribution in [0.2, 0.25) is 0 Å². The first-order chi connectivity index (χ1) is 10.8. The van der Waals surface area contributed by atoms with Gasteiger partial charge in [-0.05, 0) is 37.8 Å². The fourth-order valence-electron chi connectivity index (χ4n) is 3.87. The number of rotatable bonds is 5. The SMILES string of the molecule is CCN(C)C[C@H]1CCN(C(=O)NC[C@@H]2CCO[C@@H]2C(C)(C)C)C1. The van der Waals surface area contributed by atoms with Gasteiger partial charge in [0.25, 0.3) is 0 Å². The van der Waals surface area contributed by atoms with E-state index in [2.05, 4.69) is 45.0 Å². The molecule has 0 spiro atoms. The predicted octanol–water partition coefficient (Wildman–Crippen LogP) is 2.42. The number of likely N-dealkylation sites (tertiary alicyclic amines) is 1. The maximum absolute atomic E-state index is 12.4. The van der Waals surface area contributed by atoms with Crippen molar-refractivity contribution in [2.75, 3.05) is 46.4 Å². The lowest BCUT2D eigenvalue weighted by Crippen LogP contribution is -2.44. The Hall–Kier alpha value is -0.810. The molecule has 0 aromatic rings. The standard InChI is InChI=1S/C18H35N3O2/c1-6-20(5)12-14-7-9-21(13-14)17(22)19-11-15-8-10-23-16(15)18(2,3)4/h14-16H,6-13H2,1-5H3,(H,19,22)/t14-,15+,16+/m1/s1. The highest BCUT2D eigenvalue weighted by atomic mass is 16.5. The summed E-state index contributed by atoms with van der Waals surface area (Å²) in [5, 5.41) is 3.15. The molecule has 0 saturated carbocycles. The largest absolute Gasteiger partial charge is 0.377 e. The van der Waals surface area contributed by atoms with Gasteiger partial charge in [-0.3, -0.25) is 0 Å². The molecule has 23 heavy (non-hydrogen) atoms. The van der Waals surface area contributed by atoms with Crippen molar-refractivity contribution in [1.82, 2.24) is 15.1 Å². The van der Waals surface area contributed by atoms with Crippen LogP contribution in [0.1, 0.15) is 40.5 Å². The summed E-state index contributed by atoms with van der Waals surface area (Å²) >= 11 is 0. The number of carbonyl (C=O) groups is 1. The molecule has 0 aliphatic carbocycles. The van der Waals surface area contributed by atoms with Crippen molar-refractivity contribution in [3.8, 4) is 0 Å². The molecule has 134 valence electrons. The van der Waals surface area contributed by atoms with E-state index in [1.807, 2.05) is 4.90 Å². The van der Waals surface area contributed by atoms with E-state index in [4.69, 9.17) is 4.74 Å². The molecule has 2 amide bonds. The molecule has 2 aliphatic heterocycles. The van der Waals surface area contributed by atoms with Gasteiger partial charge in [-0.2, -0.15) is 0 Å². The van der Waals surface area contributed by atoms with Crippen molar-refractivity contribution in [3.05, 3.63) is 0 Å². The van der Waals surface area contributed by atoms with Crippen LogP contribution in [0.5, 0.6) is 0 Å². The molecule has 5 heteroatoms. The summed E-state index contributed by atoms with van der Waals surface area (Å²) in [5.74, 6) is 1.05. The third-order valence-corrected chi connectivity index (χ3v) is 5.27. The third-order valence-electron chi connectivity index (χ3n) is 5.27. The zero-order valence-corrected chi connectivity index (χ0v) is 15.6. The molecule has 0 aromatic carbocycles. The van der Waals surface area contributed by atoms with E-state index in [9.17, 15) is 4.79 Å². The average Bonchev–Trinajstić information content (AvgIpc) is 3.12. The number of urea groups is 1. The van der Waals surface area contributed by atoms with Crippen molar-refractivity contribution in [2.24, 2.45) is 17.3 Å². The quantitative estimate of drug-likeness (QED) is 0.844. The summed E-state index contributed by atoms with van der Waals surface area (Å²) in [7, 11) is 2.15. The maximum Gasteiger partial charge on any atom is 0.317 e. The van der Waals surface area contributed by atoms with Gasteiger partial charge in [0.1, 0.15) is 0 Å². The number of hydrogen-bond acceptors (Lipinski definition) is 3. The Labute approximate surface area is 141 Å². The highest BCUT2D eigenvalue weighted by molar-refractivity contribution is 5.74. The van der Waals surface area contributed by atoms with Gasteiger partial charge in [-0.1, -0.05) is 27.7 Å². The highest BCUT2D eigenvalue weighted by Gasteiger charge is 2.37. The molecule has 0 radical (unpaired) electrons. The molecule has 1 N–H and O–H groups in total. The Bertz CT molecular complexity index is 394. The second kappa shape index (κ2) is 7.84. The molecular formula is C18H35N3O2.